The van der Waals surface area contributed by atoms with E-state index >= 15 is 0 Å². The monoisotopic (exact) mass is 420 g/mol. The molecule has 1 atom stereocenters. The molecule has 164 valence electrons. The first-order chi connectivity index (χ1) is 15.2. The molecule has 0 bridgehead atoms. The Kier molecular flexibility index (Phi) is 6.08. The van der Waals surface area contributed by atoms with E-state index in [2.05, 4.69) is 28.4 Å². The Bertz CT molecular complexity index is 911. The number of hydrogen-bond acceptors (Lipinski definition) is 2. The zero-order valence-electron chi connectivity index (χ0n) is 18.3. The fourth-order valence-corrected chi connectivity index (χ4v) is 5.88. The molecule has 2 aromatic rings. The quantitative estimate of drug-likeness (QED) is 0.657. The summed E-state index contributed by atoms with van der Waals surface area (Å²) in [4.78, 5) is 15.1. The van der Waals surface area contributed by atoms with Crippen LogP contribution in [0.5, 0.6) is 0 Å². The van der Waals surface area contributed by atoms with Crippen LogP contribution >= 0.6 is 0 Å². The van der Waals surface area contributed by atoms with E-state index < -0.39 is 0 Å². The standard InChI is InChI=1S/C27H33FN2O/c28-24-10-7-19(8-11-24)20-13-15-30(16-14-20)18-23-6-5-21-9-12-25(17-26(21)23)29-27(31)22-3-1-2-4-22/h7-12,17,20,22-23H,1-6,13-16,18H2,(H,29,31). The minimum atomic E-state index is -0.153. The molecule has 3 aliphatic rings. The molecular formula is C27H33FN2O. The summed E-state index contributed by atoms with van der Waals surface area (Å²) in [7, 11) is 0. The van der Waals surface area contributed by atoms with Crippen LogP contribution in [-0.4, -0.2) is 30.4 Å². The number of nitrogens with one attached hydrogen (secondary N) is 1. The summed E-state index contributed by atoms with van der Waals surface area (Å²) in [5.41, 5.74) is 5.13. The summed E-state index contributed by atoms with van der Waals surface area (Å²) in [6.07, 6.45) is 9.06. The van der Waals surface area contributed by atoms with Gasteiger partial charge in [0.2, 0.25) is 5.91 Å². The molecule has 0 aromatic heterocycles. The van der Waals surface area contributed by atoms with Gasteiger partial charge in [-0.1, -0.05) is 31.0 Å². The molecule has 1 unspecified atom stereocenters. The van der Waals surface area contributed by atoms with Crippen molar-refractivity contribution in [1.82, 2.24) is 4.90 Å². The van der Waals surface area contributed by atoms with Crippen molar-refractivity contribution in [2.24, 2.45) is 5.92 Å². The second-order valence-corrected chi connectivity index (χ2v) is 9.75. The first-order valence-corrected chi connectivity index (χ1v) is 12.1. The Morgan fingerprint density at radius 2 is 1.71 bits per heavy atom. The van der Waals surface area contributed by atoms with Crippen molar-refractivity contribution < 1.29 is 9.18 Å². The summed E-state index contributed by atoms with van der Waals surface area (Å²) in [5.74, 6) is 1.35. The lowest BCUT2D eigenvalue weighted by Crippen LogP contribution is -2.35. The third kappa shape index (κ3) is 4.69. The van der Waals surface area contributed by atoms with E-state index in [1.54, 1.807) is 12.1 Å². The second kappa shape index (κ2) is 9.12. The first-order valence-electron chi connectivity index (χ1n) is 12.1. The first kappa shape index (κ1) is 20.7. The molecule has 0 spiro atoms. The number of fused-ring (bicyclic) bond motifs is 1. The largest absolute Gasteiger partial charge is 0.326 e. The number of hydrogen-bond donors (Lipinski definition) is 1. The molecule has 1 aliphatic heterocycles. The Balaban J connectivity index is 1.18. The van der Waals surface area contributed by atoms with Crippen molar-refractivity contribution >= 4 is 11.6 Å². The van der Waals surface area contributed by atoms with E-state index in [-0.39, 0.29) is 17.6 Å². The lowest BCUT2D eigenvalue weighted by atomic mass is 9.89. The highest BCUT2D eigenvalue weighted by molar-refractivity contribution is 5.92. The van der Waals surface area contributed by atoms with E-state index in [0.29, 0.717) is 11.8 Å². The van der Waals surface area contributed by atoms with Crippen LogP contribution in [0.4, 0.5) is 10.1 Å². The van der Waals surface area contributed by atoms with E-state index in [9.17, 15) is 9.18 Å². The molecule has 1 N–H and O–H groups in total. The third-order valence-electron chi connectivity index (χ3n) is 7.75. The van der Waals surface area contributed by atoms with Gasteiger partial charge in [0, 0.05) is 18.2 Å². The molecule has 1 saturated heterocycles. The minimum absolute atomic E-state index is 0.153. The van der Waals surface area contributed by atoms with Gasteiger partial charge in [-0.25, -0.2) is 4.39 Å². The van der Waals surface area contributed by atoms with Crippen molar-refractivity contribution in [1.29, 1.82) is 0 Å². The molecule has 0 radical (unpaired) electrons. The van der Waals surface area contributed by atoms with Gasteiger partial charge in [-0.05, 0) is 104 Å². The predicted octanol–water partition coefficient (Wildman–Crippen LogP) is 5.86. The van der Waals surface area contributed by atoms with Gasteiger partial charge in [-0.3, -0.25) is 4.79 Å². The van der Waals surface area contributed by atoms with Gasteiger partial charge in [0.05, 0.1) is 0 Å². The molecule has 2 aliphatic carbocycles. The zero-order chi connectivity index (χ0) is 21.2. The highest BCUT2D eigenvalue weighted by atomic mass is 19.1. The normalized spacial score (nSPS) is 22.5. The number of benzene rings is 2. The highest BCUT2D eigenvalue weighted by Gasteiger charge is 2.28. The zero-order valence-corrected chi connectivity index (χ0v) is 18.3. The minimum Gasteiger partial charge on any atom is -0.326 e. The number of rotatable bonds is 5. The molecule has 2 aromatic carbocycles. The second-order valence-electron chi connectivity index (χ2n) is 9.75. The average molecular weight is 421 g/mol. The molecule has 1 saturated carbocycles. The van der Waals surface area contributed by atoms with E-state index in [0.717, 1.165) is 57.4 Å². The predicted molar refractivity (Wildman–Crippen MR) is 123 cm³/mol. The molecule has 4 heteroatoms. The van der Waals surface area contributed by atoms with Gasteiger partial charge >= 0.3 is 0 Å². The topological polar surface area (TPSA) is 32.3 Å². The summed E-state index contributed by atoms with van der Waals surface area (Å²) < 4.78 is 13.2. The summed E-state index contributed by atoms with van der Waals surface area (Å²) in [6.45, 7) is 3.31. The van der Waals surface area contributed by atoms with Gasteiger partial charge in [0.15, 0.2) is 0 Å². The molecule has 3 nitrogen and oxygen atoms in total. The van der Waals surface area contributed by atoms with Crippen LogP contribution < -0.4 is 5.32 Å². The van der Waals surface area contributed by atoms with Crippen LogP contribution in [-0.2, 0) is 11.2 Å². The molecule has 31 heavy (non-hydrogen) atoms. The van der Waals surface area contributed by atoms with Crippen molar-refractivity contribution in [2.45, 2.75) is 63.2 Å². The number of likely N-dealkylation sites (tertiary alicyclic amines) is 1. The van der Waals surface area contributed by atoms with Crippen molar-refractivity contribution in [3.8, 4) is 0 Å². The van der Waals surface area contributed by atoms with E-state index in [1.807, 2.05) is 12.1 Å². The fraction of sp³-hybridized carbons (Fsp3) is 0.519. The van der Waals surface area contributed by atoms with Gasteiger partial charge in [-0.2, -0.15) is 0 Å². The fourth-order valence-electron chi connectivity index (χ4n) is 5.88. The van der Waals surface area contributed by atoms with Crippen LogP contribution in [0.3, 0.4) is 0 Å². The number of piperidine rings is 1. The number of halogens is 1. The molecule has 5 rings (SSSR count). The van der Waals surface area contributed by atoms with Crippen molar-refractivity contribution in [3.63, 3.8) is 0 Å². The maximum Gasteiger partial charge on any atom is 0.227 e. The number of anilines is 1. The van der Waals surface area contributed by atoms with Gasteiger partial charge in [0.1, 0.15) is 5.82 Å². The number of carbonyl (C=O) groups excluding carboxylic acids is 1. The van der Waals surface area contributed by atoms with Gasteiger partial charge < -0.3 is 10.2 Å². The number of aryl methyl sites for hydroxylation is 1. The van der Waals surface area contributed by atoms with Crippen LogP contribution in [0.2, 0.25) is 0 Å². The maximum absolute atomic E-state index is 13.2. The smallest absolute Gasteiger partial charge is 0.227 e. The number of carbonyl (C=O) groups is 1. The Hall–Kier alpha value is -2.20. The SMILES string of the molecule is O=C(Nc1ccc2c(c1)C(CN1CCC(c3ccc(F)cc3)CC1)CC2)C1CCCC1. The van der Waals surface area contributed by atoms with Gasteiger partial charge in [-0.15, -0.1) is 0 Å². The Labute approximate surface area is 185 Å². The number of amides is 1. The molecule has 1 amide bonds. The van der Waals surface area contributed by atoms with Crippen molar-refractivity contribution in [2.75, 3.05) is 25.0 Å². The molecule has 1 heterocycles. The average Bonchev–Trinajstić information content (AvgIpc) is 3.46. The molecule has 2 fully saturated rings. The Morgan fingerprint density at radius 3 is 2.45 bits per heavy atom. The molecular weight excluding hydrogens is 387 g/mol. The van der Waals surface area contributed by atoms with E-state index in [4.69, 9.17) is 0 Å². The third-order valence-corrected chi connectivity index (χ3v) is 7.75. The lowest BCUT2D eigenvalue weighted by Gasteiger charge is -2.34. The lowest BCUT2D eigenvalue weighted by molar-refractivity contribution is -0.119. The summed E-state index contributed by atoms with van der Waals surface area (Å²) >= 11 is 0. The number of nitrogens with zero attached hydrogens (tertiary/aromatic N) is 1. The van der Waals surface area contributed by atoms with Crippen LogP contribution in [0.1, 0.15) is 73.5 Å². The van der Waals surface area contributed by atoms with Crippen molar-refractivity contribution in [3.05, 3.63) is 65.0 Å². The maximum atomic E-state index is 13.2. The van der Waals surface area contributed by atoms with Gasteiger partial charge in [0.25, 0.3) is 0 Å². The summed E-state index contributed by atoms with van der Waals surface area (Å²) in [6, 6.07) is 13.6. The highest BCUT2D eigenvalue weighted by Crippen LogP contribution is 2.37. The van der Waals surface area contributed by atoms with E-state index in [1.165, 1.54) is 36.0 Å². The Morgan fingerprint density at radius 1 is 0.968 bits per heavy atom. The van der Waals surface area contributed by atoms with Crippen LogP contribution in [0.15, 0.2) is 42.5 Å². The van der Waals surface area contributed by atoms with Crippen LogP contribution in [0.25, 0.3) is 0 Å². The summed E-state index contributed by atoms with van der Waals surface area (Å²) in [5, 5.41) is 3.19. The van der Waals surface area contributed by atoms with Crippen LogP contribution in [0, 0.1) is 11.7 Å².